The Balaban J connectivity index is 2.35. The minimum Gasteiger partial charge on any atom is -0.436 e. The van der Waals surface area contributed by atoms with Gasteiger partial charge in [0.1, 0.15) is 11.6 Å². The van der Waals surface area contributed by atoms with Crippen LogP contribution in [0.3, 0.4) is 0 Å². The van der Waals surface area contributed by atoms with E-state index in [1.54, 1.807) is 13.1 Å². The van der Waals surface area contributed by atoms with Gasteiger partial charge in [-0.1, -0.05) is 13.8 Å². The lowest BCUT2D eigenvalue weighted by molar-refractivity contribution is 0.423. The van der Waals surface area contributed by atoms with Crippen LogP contribution in [0.4, 0.5) is 10.2 Å². The van der Waals surface area contributed by atoms with Gasteiger partial charge in [0.15, 0.2) is 11.6 Å². The summed E-state index contributed by atoms with van der Waals surface area (Å²) in [5, 5.41) is 11.6. The highest BCUT2D eigenvalue weighted by atomic mass is 19.1. The summed E-state index contributed by atoms with van der Waals surface area (Å²) in [7, 11) is 1.73. The molecule has 0 radical (unpaired) electrons. The lowest BCUT2D eigenvalue weighted by Gasteiger charge is -2.11. The Hall–Kier alpha value is -2.68. The van der Waals surface area contributed by atoms with Crippen LogP contribution in [0.25, 0.3) is 0 Å². The zero-order valence-corrected chi connectivity index (χ0v) is 12.0. The number of anilines is 1. The molecule has 1 N–H and O–H groups in total. The largest absolute Gasteiger partial charge is 0.436 e. The van der Waals surface area contributed by atoms with Gasteiger partial charge in [0.05, 0.1) is 11.6 Å². The Bertz CT molecular complexity index is 695. The third-order valence-electron chi connectivity index (χ3n) is 2.77. The second-order valence-electron chi connectivity index (χ2n) is 4.71. The monoisotopic (exact) mass is 286 g/mol. The van der Waals surface area contributed by atoms with Crippen LogP contribution in [0.1, 0.15) is 31.2 Å². The van der Waals surface area contributed by atoms with Gasteiger partial charge < -0.3 is 10.1 Å². The van der Waals surface area contributed by atoms with Crippen molar-refractivity contribution in [1.82, 2.24) is 9.97 Å². The van der Waals surface area contributed by atoms with E-state index < -0.39 is 5.82 Å². The number of halogens is 1. The van der Waals surface area contributed by atoms with Gasteiger partial charge in [-0.3, -0.25) is 0 Å². The highest BCUT2D eigenvalue weighted by Crippen LogP contribution is 2.26. The summed E-state index contributed by atoms with van der Waals surface area (Å²) < 4.78 is 19.3. The second-order valence-corrected chi connectivity index (χ2v) is 4.71. The molecule has 1 aromatic heterocycles. The van der Waals surface area contributed by atoms with Gasteiger partial charge in [0.25, 0.3) is 0 Å². The molecule has 0 saturated carbocycles. The van der Waals surface area contributed by atoms with Crippen LogP contribution in [0.15, 0.2) is 24.3 Å². The number of nitrogens with one attached hydrogen (secondary N) is 1. The molecule has 0 aliphatic rings. The predicted molar refractivity (Wildman–Crippen MR) is 76.9 cm³/mol. The Morgan fingerprint density at radius 3 is 2.62 bits per heavy atom. The highest BCUT2D eigenvalue weighted by molar-refractivity contribution is 5.41. The molecule has 2 aromatic rings. The van der Waals surface area contributed by atoms with E-state index in [-0.39, 0.29) is 23.1 Å². The molecule has 0 atom stereocenters. The average Bonchev–Trinajstić information content (AvgIpc) is 2.48. The van der Waals surface area contributed by atoms with Crippen LogP contribution in [0.2, 0.25) is 0 Å². The maximum absolute atomic E-state index is 13.8. The summed E-state index contributed by atoms with van der Waals surface area (Å²) in [5.74, 6) is 0.978. The smallest absolute Gasteiger partial charge is 0.224 e. The molecule has 108 valence electrons. The van der Waals surface area contributed by atoms with E-state index in [2.05, 4.69) is 15.3 Å². The molecule has 0 amide bonds. The Morgan fingerprint density at radius 1 is 1.29 bits per heavy atom. The Morgan fingerprint density at radius 2 is 2.05 bits per heavy atom. The molecule has 0 spiro atoms. The first kappa shape index (κ1) is 14.7. The maximum Gasteiger partial charge on any atom is 0.224 e. The van der Waals surface area contributed by atoms with Gasteiger partial charge >= 0.3 is 0 Å². The zero-order valence-electron chi connectivity index (χ0n) is 12.0. The minimum absolute atomic E-state index is 0.0180. The number of ether oxygens (including phenoxy) is 1. The number of hydrogen-bond acceptors (Lipinski definition) is 5. The van der Waals surface area contributed by atoms with E-state index in [1.807, 2.05) is 19.9 Å². The fourth-order valence-corrected chi connectivity index (χ4v) is 1.65. The SMILES string of the molecule is CNc1cc(Oc2ccc(C#N)cc2F)nc(C(C)C)n1. The molecule has 0 fully saturated rings. The van der Waals surface area contributed by atoms with Gasteiger partial charge in [-0.2, -0.15) is 10.2 Å². The molecule has 0 aliphatic heterocycles. The van der Waals surface area contributed by atoms with Crippen LogP contribution < -0.4 is 10.1 Å². The van der Waals surface area contributed by atoms with Gasteiger partial charge in [-0.05, 0) is 18.2 Å². The Labute approximate surface area is 122 Å². The molecule has 2 rings (SSSR count). The molecule has 0 unspecified atom stereocenters. The third-order valence-corrected chi connectivity index (χ3v) is 2.77. The normalized spacial score (nSPS) is 10.3. The van der Waals surface area contributed by atoms with E-state index in [4.69, 9.17) is 10.00 Å². The molecular formula is C15H15FN4O. The van der Waals surface area contributed by atoms with Gasteiger partial charge in [0.2, 0.25) is 5.88 Å². The van der Waals surface area contributed by atoms with E-state index >= 15 is 0 Å². The average molecular weight is 286 g/mol. The predicted octanol–water partition coefficient (Wildman–Crippen LogP) is 3.44. The van der Waals surface area contributed by atoms with Crippen LogP contribution in [-0.2, 0) is 0 Å². The molecule has 5 nitrogen and oxygen atoms in total. The fourth-order valence-electron chi connectivity index (χ4n) is 1.65. The van der Waals surface area contributed by atoms with Gasteiger partial charge in [0, 0.05) is 19.0 Å². The van der Waals surface area contributed by atoms with E-state index in [0.29, 0.717) is 11.6 Å². The molecular weight excluding hydrogens is 271 g/mol. The summed E-state index contributed by atoms with van der Waals surface area (Å²) in [4.78, 5) is 8.56. The standard InChI is InChI=1S/C15H15FN4O/c1-9(2)15-19-13(18-3)7-14(20-15)21-12-5-4-10(8-17)6-11(12)16/h4-7,9H,1-3H3,(H,18,19,20). The first-order valence-corrected chi connectivity index (χ1v) is 6.47. The van der Waals surface area contributed by atoms with Crippen molar-refractivity contribution in [2.75, 3.05) is 12.4 Å². The fraction of sp³-hybridized carbons (Fsp3) is 0.267. The number of benzene rings is 1. The summed E-state index contributed by atoms with van der Waals surface area (Å²) in [6.45, 7) is 3.92. The topological polar surface area (TPSA) is 70.8 Å². The van der Waals surface area contributed by atoms with E-state index in [9.17, 15) is 4.39 Å². The number of nitriles is 1. The second kappa shape index (κ2) is 6.18. The highest BCUT2D eigenvalue weighted by Gasteiger charge is 2.11. The van der Waals surface area contributed by atoms with Crippen molar-refractivity contribution in [2.24, 2.45) is 0 Å². The lowest BCUT2D eigenvalue weighted by atomic mass is 10.2. The number of nitrogens with zero attached hydrogens (tertiary/aromatic N) is 3. The number of hydrogen-bond donors (Lipinski definition) is 1. The molecule has 21 heavy (non-hydrogen) atoms. The molecule has 0 aliphatic carbocycles. The van der Waals surface area contributed by atoms with E-state index in [1.165, 1.54) is 12.1 Å². The number of aromatic nitrogens is 2. The van der Waals surface area contributed by atoms with Crippen molar-refractivity contribution >= 4 is 5.82 Å². The van der Waals surface area contributed by atoms with Crippen LogP contribution in [0, 0.1) is 17.1 Å². The molecule has 0 bridgehead atoms. The summed E-state index contributed by atoms with van der Waals surface area (Å²) >= 11 is 0. The van der Waals surface area contributed by atoms with Crippen LogP contribution >= 0.6 is 0 Å². The van der Waals surface area contributed by atoms with Gasteiger partial charge in [-0.25, -0.2) is 9.37 Å². The number of rotatable bonds is 4. The van der Waals surface area contributed by atoms with Crippen molar-refractivity contribution in [3.05, 3.63) is 41.5 Å². The molecule has 1 aromatic carbocycles. The van der Waals surface area contributed by atoms with E-state index in [0.717, 1.165) is 6.07 Å². The third kappa shape index (κ3) is 3.45. The quantitative estimate of drug-likeness (QED) is 0.932. The summed E-state index contributed by atoms with van der Waals surface area (Å²) in [6.07, 6.45) is 0. The molecule has 1 heterocycles. The van der Waals surface area contributed by atoms with Crippen molar-refractivity contribution < 1.29 is 9.13 Å². The van der Waals surface area contributed by atoms with Crippen molar-refractivity contribution in [2.45, 2.75) is 19.8 Å². The summed E-state index contributed by atoms with van der Waals surface area (Å²) in [6, 6.07) is 7.48. The molecule has 0 saturated heterocycles. The maximum atomic E-state index is 13.8. The first-order chi connectivity index (χ1) is 10.0. The summed E-state index contributed by atoms with van der Waals surface area (Å²) in [5.41, 5.74) is 0.237. The first-order valence-electron chi connectivity index (χ1n) is 6.47. The Kier molecular flexibility index (Phi) is 4.33. The van der Waals surface area contributed by atoms with Crippen LogP contribution in [0.5, 0.6) is 11.6 Å². The lowest BCUT2D eigenvalue weighted by Crippen LogP contribution is -2.03. The zero-order chi connectivity index (χ0) is 15.4. The minimum atomic E-state index is -0.607. The van der Waals surface area contributed by atoms with Crippen molar-refractivity contribution in [3.8, 4) is 17.7 Å². The molecule has 6 heteroatoms. The van der Waals surface area contributed by atoms with Crippen LogP contribution in [-0.4, -0.2) is 17.0 Å². The van der Waals surface area contributed by atoms with Crippen molar-refractivity contribution in [3.63, 3.8) is 0 Å². The van der Waals surface area contributed by atoms with Gasteiger partial charge in [-0.15, -0.1) is 0 Å². The van der Waals surface area contributed by atoms with Crippen molar-refractivity contribution in [1.29, 1.82) is 5.26 Å².